The van der Waals surface area contributed by atoms with Gasteiger partial charge in [-0.1, -0.05) is 12.1 Å². The number of nitrogens with zero attached hydrogens (tertiary/aromatic N) is 1. The van der Waals surface area contributed by atoms with E-state index in [-0.39, 0.29) is 5.91 Å². The molecule has 0 aliphatic heterocycles. The van der Waals surface area contributed by atoms with Gasteiger partial charge in [0, 0.05) is 7.05 Å². The molecule has 1 aromatic rings. The molecule has 0 aliphatic carbocycles. The first-order chi connectivity index (χ1) is 7.58. The normalized spacial score (nSPS) is 10.0. The largest absolute Gasteiger partial charge is 0.496 e. The van der Waals surface area contributed by atoms with E-state index in [2.05, 4.69) is 0 Å². The third-order valence-electron chi connectivity index (χ3n) is 2.44. The number of methoxy groups -OCH3 is 1. The first-order valence-electron chi connectivity index (χ1n) is 5.02. The zero-order valence-corrected chi connectivity index (χ0v) is 10.1. The molecule has 1 amide bonds. The molecule has 88 valence electrons. The molecule has 0 aliphatic rings. The number of ether oxygens (including phenoxy) is 1. The molecule has 0 saturated heterocycles. The lowest BCUT2D eigenvalue weighted by Gasteiger charge is -2.14. The Hall–Kier alpha value is -1.55. The average Bonchev–Trinajstić information content (AvgIpc) is 2.28. The Labute approximate surface area is 95.7 Å². The molecule has 0 aromatic heterocycles. The molecule has 1 rings (SSSR count). The average molecular weight is 223 g/mol. The zero-order chi connectivity index (χ0) is 12.1. The summed E-state index contributed by atoms with van der Waals surface area (Å²) in [5.74, 6) is 0.753. The van der Waals surface area contributed by atoms with Gasteiger partial charge in [0.2, 0.25) is 5.91 Å². The van der Waals surface area contributed by atoms with Gasteiger partial charge < -0.3 is 4.74 Å². The number of rotatable bonds is 4. The summed E-state index contributed by atoms with van der Waals surface area (Å²) in [6.07, 6.45) is 0.329. The number of carbonyl (C=O) groups is 1. The number of likely N-dealkylation sites (N-methyl/N-ethyl adjacent to an activating group) is 1. The van der Waals surface area contributed by atoms with Crippen LogP contribution in [0.4, 0.5) is 0 Å². The van der Waals surface area contributed by atoms with Gasteiger partial charge in [-0.05, 0) is 24.1 Å². The van der Waals surface area contributed by atoms with Gasteiger partial charge >= 0.3 is 0 Å². The number of carbonyl (C=O) groups excluding carboxylic acids is 1. The summed E-state index contributed by atoms with van der Waals surface area (Å²) in [4.78, 5) is 16.4. The van der Waals surface area contributed by atoms with Gasteiger partial charge in [0.25, 0.3) is 0 Å². The van der Waals surface area contributed by atoms with Crippen molar-refractivity contribution in [3.63, 3.8) is 0 Å². The van der Waals surface area contributed by atoms with Crippen molar-refractivity contribution < 1.29 is 14.4 Å². The molecule has 0 radical (unpaired) electrons. The Morgan fingerprint density at radius 1 is 1.38 bits per heavy atom. The summed E-state index contributed by atoms with van der Waals surface area (Å²) in [5, 5.41) is 1.22. The van der Waals surface area contributed by atoms with Crippen LogP contribution in [0, 0.1) is 6.92 Å². The van der Waals surface area contributed by atoms with E-state index in [0.717, 1.165) is 16.9 Å². The Morgan fingerprint density at radius 2 is 2.06 bits per heavy atom. The predicted octanol–water partition coefficient (Wildman–Crippen LogP) is 1.57. The molecule has 0 atom stereocenters. The van der Waals surface area contributed by atoms with E-state index in [0.29, 0.717) is 6.42 Å². The third kappa shape index (κ3) is 2.97. The Morgan fingerprint density at radius 3 is 2.56 bits per heavy atom. The highest BCUT2D eigenvalue weighted by atomic mass is 16.7. The molecule has 0 saturated carbocycles. The molecule has 1 aromatic carbocycles. The summed E-state index contributed by atoms with van der Waals surface area (Å²) in [5.41, 5.74) is 1.97. The second-order valence-electron chi connectivity index (χ2n) is 3.55. The van der Waals surface area contributed by atoms with E-state index >= 15 is 0 Å². The van der Waals surface area contributed by atoms with E-state index in [1.54, 1.807) is 14.2 Å². The lowest BCUT2D eigenvalue weighted by Crippen LogP contribution is -2.26. The predicted molar refractivity (Wildman–Crippen MR) is 61.2 cm³/mol. The minimum Gasteiger partial charge on any atom is -0.496 e. The monoisotopic (exact) mass is 223 g/mol. The number of benzene rings is 1. The van der Waals surface area contributed by atoms with Crippen LogP contribution in [0.2, 0.25) is 0 Å². The maximum Gasteiger partial charge on any atom is 0.250 e. The first kappa shape index (κ1) is 12.5. The summed E-state index contributed by atoms with van der Waals surface area (Å²) >= 11 is 0. The standard InChI is InChI=1S/C12H17NO3/c1-9-7-10(5-6-11(9)15-3)8-12(14)13(2)16-4/h5-7H,8H2,1-4H3. The van der Waals surface area contributed by atoms with Crippen molar-refractivity contribution in [2.75, 3.05) is 21.3 Å². The summed E-state index contributed by atoms with van der Waals surface area (Å²) in [7, 11) is 4.70. The Bertz CT molecular complexity index is 377. The molecule has 0 spiro atoms. The van der Waals surface area contributed by atoms with Crippen LogP contribution in [-0.4, -0.2) is 32.2 Å². The highest BCUT2D eigenvalue weighted by molar-refractivity contribution is 5.77. The van der Waals surface area contributed by atoms with E-state index in [1.807, 2.05) is 25.1 Å². The fourth-order valence-corrected chi connectivity index (χ4v) is 1.44. The SMILES string of the molecule is COc1ccc(CC(=O)N(C)OC)cc1C. The topological polar surface area (TPSA) is 38.8 Å². The molecule has 4 heteroatoms. The number of aryl methyl sites for hydroxylation is 1. The van der Waals surface area contributed by atoms with Crippen molar-refractivity contribution in [1.29, 1.82) is 0 Å². The lowest BCUT2D eigenvalue weighted by atomic mass is 10.1. The van der Waals surface area contributed by atoms with Gasteiger partial charge in [-0.25, -0.2) is 5.06 Å². The van der Waals surface area contributed by atoms with E-state index in [9.17, 15) is 4.79 Å². The molecule has 4 nitrogen and oxygen atoms in total. The van der Waals surface area contributed by atoms with Gasteiger partial charge in [-0.3, -0.25) is 9.63 Å². The Balaban J connectivity index is 2.75. The number of hydrogen-bond acceptors (Lipinski definition) is 3. The quantitative estimate of drug-likeness (QED) is 0.727. The highest BCUT2D eigenvalue weighted by Crippen LogP contribution is 2.18. The lowest BCUT2D eigenvalue weighted by molar-refractivity contribution is -0.167. The molecule has 0 bridgehead atoms. The van der Waals surface area contributed by atoms with Crippen LogP contribution in [0.25, 0.3) is 0 Å². The maximum atomic E-state index is 11.6. The summed E-state index contributed by atoms with van der Waals surface area (Å²) in [6, 6.07) is 5.69. The smallest absolute Gasteiger partial charge is 0.250 e. The van der Waals surface area contributed by atoms with Crippen molar-refractivity contribution in [1.82, 2.24) is 5.06 Å². The second-order valence-corrected chi connectivity index (χ2v) is 3.55. The van der Waals surface area contributed by atoms with Gasteiger partial charge in [-0.2, -0.15) is 0 Å². The summed E-state index contributed by atoms with van der Waals surface area (Å²) < 4.78 is 5.15. The van der Waals surface area contributed by atoms with Crippen LogP contribution < -0.4 is 4.74 Å². The van der Waals surface area contributed by atoms with Gasteiger partial charge in [0.15, 0.2) is 0 Å². The second kappa shape index (κ2) is 5.51. The number of amides is 1. The Kier molecular flexibility index (Phi) is 4.31. The van der Waals surface area contributed by atoms with Crippen LogP contribution in [0.15, 0.2) is 18.2 Å². The molecular weight excluding hydrogens is 206 g/mol. The van der Waals surface area contributed by atoms with Gasteiger partial charge in [0.05, 0.1) is 20.6 Å². The van der Waals surface area contributed by atoms with Crippen LogP contribution >= 0.6 is 0 Å². The van der Waals surface area contributed by atoms with Crippen LogP contribution in [0.5, 0.6) is 5.75 Å². The van der Waals surface area contributed by atoms with E-state index < -0.39 is 0 Å². The molecule has 0 heterocycles. The minimum atomic E-state index is -0.0768. The van der Waals surface area contributed by atoms with Crippen LogP contribution in [-0.2, 0) is 16.1 Å². The third-order valence-corrected chi connectivity index (χ3v) is 2.44. The highest BCUT2D eigenvalue weighted by Gasteiger charge is 2.09. The number of hydroxylamine groups is 2. The van der Waals surface area contributed by atoms with Crippen LogP contribution in [0.3, 0.4) is 0 Å². The fourth-order valence-electron chi connectivity index (χ4n) is 1.44. The molecule has 0 unspecified atom stereocenters. The molecular formula is C12H17NO3. The summed E-state index contributed by atoms with van der Waals surface area (Å²) in [6.45, 7) is 1.95. The number of hydrogen-bond donors (Lipinski definition) is 0. The molecule has 0 fully saturated rings. The maximum absolute atomic E-state index is 11.6. The van der Waals surface area contributed by atoms with Crippen LogP contribution in [0.1, 0.15) is 11.1 Å². The van der Waals surface area contributed by atoms with E-state index in [4.69, 9.17) is 9.57 Å². The van der Waals surface area contributed by atoms with Gasteiger partial charge in [0.1, 0.15) is 5.75 Å². The van der Waals surface area contributed by atoms with Gasteiger partial charge in [-0.15, -0.1) is 0 Å². The van der Waals surface area contributed by atoms with Crippen molar-refractivity contribution in [2.24, 2.45) is 0 Å². The van der Waals surface area contributed by atoms with Crippen molar-refractivity contribution in [2.45, 2.75) is 13.3 Å². The fraction of sp³-hybridized carbons (Fsp3) is 0.417. The minimum absolute atomic E-state index is 0.0768. The molecule has 16 heavy (non-hydrogen) atoms. The zero-order valence-electron chi connectivity index (χ0n) is 10.1. The van der Waals surface area contributed by atoms with E-state index in [1.165, 1.54) is 12.2 Å². The first-order valence-corrected chi connectivity index (χ1v) is 5.02. The van der Waals surface area contributed by atoms with Crippen molar-refractivity contribution >= 4 is 5.91 Å². The van der Waals surface area contributed by atoms with Crippen molar-refractivity contribution in [3.8, 4) is 5.75 Å². The van der Waals surface area contributed by atoms with Crippen molar-refractivity contribution in [3.05, 3.63) is 29.3 Å². The molecule has 0 N–H and O–H groups in total.